The summed E-state index contributed by atoms with van der Waals surface area (Å²) in [5.74, 6) is 0.344. The standard InChI is InChI=1S/C26H32FN7O2/c1-16-5-6-20(13-22(16)27)14-28-25(36)21-7-9-33(10-8-21)15-24(35)31-23-12-19(4)32-34(23)26-29-17(2)11-18(3)30-26/h5-6,11-13,21H,7-10,14-15H2,1-4H3,(H,28,36)(H,31,35). The molecule has 0 unspecified atom stereocenters. The number of anilines is 1. The molecule has 0 aliphatic carbocycles. The van der Waals surface area contributed by atoms with E-state index in [1.165, 1.54) is 6.07 Å². The van der Waals surface area contributed by atoms with Crippen molar-refractivity contribution in [1.82, 2.24) is 30.0 Å². The number of likely N-dealkylation sites (tertiary alicyclic amines) is 1. The number of nitrogens with one attached hydrogen (secondary N) is 2. The minimum Gasteiger partial charge on any atom is -0.352 e. The third-order valence-corrected chi connectivity index (χ3v) is 6.29. The average Bonchev–Trinajstić information content (AvgIpc) is 3.19. The molecule has 3 aromatic rings. The molecule has 2 amide bonds. The molecule has 1 aliphatic rings. The highest BCUT2D eigenvalue weighted by Gasteiger charge is 2.26. The number of benzene rings is 1. The summed E-state index contributed by atoms with van der Waals surface area (Å²) in [6.45, 7) is 9.13. The highest BCUT2D eigenvalue weighted by atomic mass is 19.1. The number of piperidine rings is 1. The zero-order chi connectivity index (χ0) is 25.8. The van der Waals surface area contributed by atoms with Gasteiger partial charge in [-0.25, -0.2) is 14.4 Å². The summed E-state index contributed by atoms with van der Waals surface area (Å²) >= 11 is 0. The second kappa shape index (κ2) is 10.9. The van der Waals surface area contributed by atoms with Crippen LogP contribution in [0.1, 0.15) is 41.1 Å². The maximum Gasteiger partial charge on any atom is 0.252 e. The number of aromatic nitrogens is 4. The normalized spacial score (nSPS) is 14.6. The Morgan fingerprint density at radius 2 is 1.69 bits per heavy atom. The van der Waals surface area contributed by atoms with Crippen molar-refractivity contribution in [3.05, 3.63) is 64.4 Å². The molecule has 0 radical (unpaired) electrons. The summed E-state index contributed by atoms with van der Waals surface area (Å²) in [6.07, 6.45) is 1.32. The molecular formula is C26H32FN7O2. The number of rotatable bonds is 7. The van der Waals surface area contributed by atoms with Gasteiger partial charge in [-0.1, -0.05) is 12.1 Å². The fourth-order valence-electron chi connectivity index (χ4n) is 4.36. The minimum atomic E-state index is -0.270. The van der Waals surface area contributed by atoms with E-state index in [9.17, 15) is 14.0 Å². The van der Waals surface area contributed by atoms with Gasteiger partial charge >= 0.3 is 0 Å². The second-order valence-corrected chi connectivity index (χ2v) is 9.43. The number of hydrogen-bond donors (Lipinski definition) is 2. The van der Waals surface area contributed by atoms with Gasteiger partial charge in [0.25, 0.3) is 5.95 Å². The molecule has 3 heterocycles. The van der Waals surface area contributed by atoms with Crippen LogP contribution in [0.25, 0.3) is 5.95 Å². The maximum atomic E-state index is 13.7. The lowest BCUT2D eigenvalue weighted by Crippen LogP contribution is -2.43. The van der Waals surface area contributed by atoms with E-state index in [1.807, 2.05) is 37.8 Å². The van der Waals surface area contributed by atoms with Gasteiger partial charge in [-0.3, -0.25) is 14.5 Å². The number of carbonyl (C=O) groups is 2. The minimum absolute atomic E-state index is 0.0343. The van der Waals surface area contributed by atoms with Crippen molar-refractivity contribution in [3.8, 4) is 5.95 Å². The number of halogens is 1. The summed E-state index contributed by atoms with van der Waals surface area (Å²) in [4.78, 5) is 36.3. The number of aryl methyl sites for hydroxylation is 4. The van der Waals surface area contributed by atoms with Crippen LogP contribution in [0.15, 0.2) is 30.3 Å². The van der Waals surface area contributed by atoms with E-state index >= 15 is 0 Å². The van der Waals surface area contributed by atoms with Crippen LogP contribution in [-0.2, 0) is 16.1 Å². The Morgan fingerprint density at radius 3 is 2.36 bits per heavy atom. The van der Waals surface area contributed by atoms with Gasteiger partial charge < -0.3 is 10.6 Å². The van der Waals surface area contributed by atoms with Crippen molar-refractivity contribution in [2.75, 3.05) is 25.0 Å². The van der Waals surface area contributed by atoms with Crippen LogP contribution < -0.4 is 10.6 Å². The van der Waals surface area contributed by atoms with E-state index in [4.69, 9.17) is 0 Å². The van der Waals surface area contributed by atoms with Gasteiger partial charge in [0.1, 0.15) is 11.6 Å². The Balaban J connectivity index is 1.27. The Kier molecular flexibility index (Phi) is 7.73. The zero-order valence-electron chi connectivity index (χ0n) is 21.1. The van der Waals surface area contributed by atoms with Crippen molar-refractivity contribution in [2.45, 2.75) is 47.1 Å². The largest absolute Gasteiger partial charge is 0.352 e. The van der Waals surface area contributed by atoms with Gasteiger partial charge in [-0.15, -0.1) is 0 Å². The Hall–Kier alpha value is -3.66. The molecule has 36 heavy (non-hydrogen) atoms. The smallest absolute Gasteiger partial charge is 0.252 e. The zero-order valence-corrected chi connectivity index (χ0v) is 21.1. The molecule has 4 rings (SSSR count). The third-order valence-electron chi connectivity index (χ3n) is 6.29. The molecule has 10 heteroatoms. The van der Waals surface area contributed by atoms with E-state index in [2.05, 4.69) is 25.7 Å². The van der Waals surface area contributed by atoms with E-state index in [0.29, 0.717) is 49.8 Å². The molecular weight excluding hydrogens is 461 g/mol. The quantitative estimate of drug-likeness (QED) is 0.524. The molecule has 0 spiro atoms. The monoisotopic (exact) mass is 493 g/mol. The molecule has 0 saturated carbocycles. The molecule has 1 saturated heterocycles. The molecule has 2 aromatic heterocycles. The van der Waals surface area contributed by atoms with Gasteiger partial charge in [0.05, 0.1) is 12.2 Å². The third kappa shape index (κ3) is 6.31. The Morgan fingerprint density at radius 1 is 1.00 bits per heavy atom. The summed E-state index contributed by atoms with van der Waals surface area (Å²) in [5.41, 5.74) is 3.70. The average molecular weight is 494 g/mol. The van der Waals surface area contributed by atoms with Crippen LogP contribution in [0.5, 0.6) is 0 Å². The molecule has 9 nitrogen and oxygen atoms in total. The Bertz CT molecular complexity index is 1240. The second-order valence-electron chi connectivity index (χ2n) is 9.43. The predicted octanol–water partition coefficient (Wildman–Crippen LogP) is 3.00. The number of carbonyl (C=O) groups excluding carboxylic acids is 2. The van der Waals surface area contributed by atoms with E-state index in [-0.39, 0.29) is 30.1 Å². The molecule has 1 aromatic carbocycles. The lowest BCUT2D eigenvalue weighted by atomic mass is 9.96. The number of amides is 2. The van der Waals surface area contributed by atoms with E-state index in [0.717, 1.165) is 22.6 Å². The molecule has 2 N–H and O–H groups in total. The SMILES string of the molecule is Cc1cc(C)nc(-n2nc(C)cc2NC(=O)CN2CCC(C(=O)NCc3ccc(C)c(F)c3)CC2)n1. The first kappa shape index (κ1) is 25.4. The fraction of sp³-hybridized carbons (Fsp3) is 0.423. The number of nitrogens with zero attached hydrogens (tertiary/aromatic N) is 5. The summed E-state index contributed by atoms with van der Waals surface area (Å²) < 4.78 is 15.3. The van der Waals surface area contributed by atoms with Gasteiger partial charge in [0.15, 0.2) is 0 Å². The summed E-state index contributed by atoms with van der Waals surface area (Å²) in [5, 5.41) is 10.3. The molecule has 1 aliphatic heterocycles. The van der Waals surface area contributed by atoms with Crippen LogP contribution in [0, 0.1) is 39.4 Å². The summed E-state index contributed by atoms with van der Waals surface area (Å²) in [7, 11) is 0. The van der Waals surface area contributed by atoms with Crippen molar-refractivity contribution in [1.29, 1.82) is 0 Å². The van der Waals surface area contributed by atoms with E-state index < -0.39 is 0 Å². The van der Waals surface area contributed by atoms with Crippen molar-refractivity contribution >= 4 is 17.6 Å². The van der Waals surface area contributed by atoms with E-state index in [1.54, 1.807) is 23.7 Å². The predicted molar refractivity (Wildman–Crippen MR) is 134 cm³/mol. The van der Waals surface area contributed by atoms with Gasteiger partial charge in [0, 0.05) is 29.9 Å². The lowest BCUT2D eigenvalue weighted by Gasteiger charge is -2.30. The van der Waals surface area contributed by atoms with Crippen molar-refractivity contribution in [3.63, 3.8) is 0 Å². The first-order chi connectivity index (χ1) is 17.2. The number of hydrogen-bond acceptors (Lipinski definition) is 6. The first-order valence-electron chi connectivity index (χ1n) is 12.1. The molecule has 0 bridgehead atoms. The first-order valence-corrected chi connectivity index (χ1v) is 12.1. The van der Waals surface area contributed by atoms with Gasteiger partial charge in [-0.05, 0) is 76.9 Å². The Labute approximate surface area is 210 Å². The topological polar surface area (TPSA) is 105 Å². The maximum absolute atomic E-state index is 13.7. The molecule has 1 fully saturated rings. The molecule has 190 valence electrons. The highest BCUT2D eigenvalue weighted by Crippen LogP contribution is 2.19. The fourth-order valence-corrected chi connectivity index (χ4v) is 4.36. The van der Waals surface area contributed by atoms with Gasteiger partial charge in [-0.2, -0.15) is 9.78 Å². The van der Waals surface area contributed by atoms with Crippen LogP contribution in [-0.4, -0.2) is 56.1 Å². The lowest BCUT2D eigenvalue weighted by molar-refractivity contribution is -0.126. The van der Waals surface area contributed by atoms with Crippen molar-refractivity contribution in [2.24, 2.45) is 5.92 Å². The van der Waals surface area contributed by atoms with Crippen LogP contribution in [0.4, 0.5) is 10.2 Å². The van der Waals surface area contributed by atoms with Crippen LogP contribution in [0.2, 0.25) is 0 Å². The van der Waals surface area contributed by atoms with Gasteiger partial charge in [0.2, 0.25) is 11.8 Å². The van der Waals surface area contributed by atoms with Crippen LogP contribution in [0.3, 0.4) is 0 Å². The van der Waals surface area contributed by atoms with Crippen LogP contribution >= 0.6 is 0 Å². The molecule has 0 atom stereocenters. The van der Waals surface area contributed by atoms with Crippen molar-refractivity contribution < 1.29 is 14.0 Å². The highest BCUT2D eigenvalue weighted by molar-refractivity contribution is 5.91. The summed E-state index contributed by atoms with van der Waals surface area (Å²) in [6, 6.07) is 8.65.